The van der Waals surface area contributed by atoms with E-state index in [1.165, 1.54) is 5.56 Å². The molecule has 3 atom stereocenters. The first-order valence-electron chi connectivity index (χ1n) is 10.8. The molecular weight excluding hydrogens is 400 g/mol. The molecule has 6 heteroatoms. The van der Waals surface area contributed by atoms with Gasteiger partial charge in [0.1, 0.15) is 11.9 Å². The number of amides is 1. The van der Waals surface area contributed by atoms with Gasteiger partial charge in [0.2, 0.25) is 0 Å². The molecule has 30 heavy (non-hydrogen) atoms. The van der Waals surface area contributed by atoms with Gasteiger partial charge in [-0.05, 0) is 73.6 Å². The van der Waals surface area contributed by atoms with Gasteiger partial charge in [-0.1, -0.05) is 23.7 Å². The zero-order valence-electron chi connectivity index (χ0n) is 17.1. The lowest BCUT2D eigenvalue weighted by Gasteiger charge is -2.43. The molecule has 3 aliphatic rings. The Morgan fingerprint density at radius 2 is 1.87 bits per heavy atom. The largest absolute Gasteiger partial charge is 0.497 e. The molecule has 0 spiro atoms. The van der Waals surface area contributed by atoms with E-state index in [-0.39, 0.29) is 24.3 Å². The second-order valence-corrected chi connectivity index (χ2v) is 8.93. The number of piperidine rings is 1. The molecule has 1 saturated heterocycles. The van der Waals surface area contributed by atoms with Crippen LogP contribution in [0.1, 0.15) is 55.2 Å². The van der Waals surface area contributed by atoms with E-state index in [2.05, 4.69) is 23.5 Å². The third-order valence-corrected chi connectivity index (χ3v) is 7.02. The summed E-state index contributed by atoms with van der Waals surface area (Å²) in [6.45, 7) is 0.664. The molecule has 158 valence electrons. The maximum absolute atomic E-state index is 13.2. The predicted octanol–water partition coefficient (Wildman–Crippen LogP) is 5.75. The van der Waals surface area contributed by atoms with Crippen LogP contribution in [0.5, 0.6) is 5.75 Å². The summed E-state index contributed by atoms with van der Waals surface area (Å²) in [5.74, 6) is 1.11. The number of anilines is 1. The van der Waals surface area contributed by atoms with Crippen LogP contribution < -0.4 is 10.1 Å². The van der Waals surface area contributed by atoms with E-state index in [1.807, 2.05) is 29.2 Å². The number of methoxy groups -OCH3 is 1. The second-order valence-electron chi connectivity index (χ2n) is 8.50. The van der Waals surface area contributed by atoms with Gasteiger partial charge in [-0.15, -0.1) is 0 Å². The number of benzene rings is 2. The molecule has 0 radical (unpaired) electrons. The van der Waals surface area contributed by atoms with Gasteiger partial charge < -0.3 is 14.8 Å². The average molecular weight is 427 g/mol. The minimum Gasteiger partial charge on any atom is -0.497 e. The highest BCUT2D eigenvalue weighted by Gasteiger charge is 2.46. The SMILES string of the molecule is COc1ccc([C@H]2C3Nc4ccc(Cl)cc4C3CCN2C(=O)OC2CCCC2)cc1. The minimum absolute atomic E-state index is 0.0549. The Balaban J connectivity index is 1.47. The molecule has 2 unspecified atom stereocenters. The van der Waals surface area contributed by atoms with Crippen molar-refractivity contribution < 1.29 is 14.3 Å². The molecule has 2 aliphatic heterocycles. The molecule has 5 rings (SSSR count). The van der Waals surface area contributed by atoms with Gasteiger partial charge in [-0.25, -0.2) is 4.79 Å². The van der Waals surface area contributed by atoms with Crippen LogP contribution >= 0.6 is 11.6 Å². The Bertz CT molecular complexity index is 927. The van der Waals surface area contributed by atoms with E-state index in [0.29, 0.717) is 12.5 Å². The highest BCUT2D eigenvalue weighted by Crippen LogP contribution is 2.49. The number of nitrogens with zero attached hydrogens (tertiary/aromatic N) is 1. The molecule has 5 nitrogen and oxygen atoms in total. The quantitative estimate of drug-likeness (QED) is 0.678. The summed E-state index contributed by atoms with van der Waals surface area (Å²) in [6, 6.07) is 14.0. The molecule has 0 bridgehead atoms. The lowest BCUT2D eigenvalue weighted by molar-refractivity contribution is 0.0384. The third-order valence-electron chi connectivity index (χ3n) is 6.79. The number of nitrogens with one attached hydrogen (secondary N) is 1. The van der Waals surface area contributed by atoms with Gasteiger partial charge in [0, 0.05) is 23.2 Å². The summed E-state index contributed by atoms with van der Waals surface area (Å²) in [6.07, 6.45) is 4.97. The minimum atomic E-state index is -0.197. The molecule has 2 fully saturated rings. The third kappa shape index (κ3) is 3.49. The second kappa shape index (κ2) is 8.03. The molecular formula is C24H27ClN2O3. The molecule has 1 amide bonds. The number of likely N-dealkylation sites (tertiary alicyclic amines) is 1. The summed E-state index contributed by atoms with van der Waals surface area (Å²) < 4.78 is 11.2. The van der Waals surface area contributed by atoms with Gasteiger partial charge in [0.05, 0.1) is 19.2 Å². The molecule has 2 aromatic rings. The van der Waals surface area contributed by atoms with Crippen molar-refractivity contribution in [1.29, 1.82) is 0 Å². The van der Waals surface area contributed by atoms with Crippen LogP contribution in [0.4, 0.5) is 10.5 Å². The van der Waals surface area contributed by atoms with Crippen LogP contribution in [-0.4, -0.2) is 36.8 Å². The number of hydrogen-bond acceptors (Lipinski definition) is 4. The number of ether oxygens (including phenoxy) is 2. The fraction of sp³-hybridized carbons (Fsp3) is 0.458. The van der Waals surface area contributed by atoms with E-state index in [0.717, 1.165) is 54.1 Å². The zero-order valence-corrected chi connectivity index (χ0v) is 17.9. The van der Waals surface area contributed by atoms with Gasteiger partial charge in [-0.3, -0.25) is 4.90 Å². The van der Waals surface area contributed by atoms with Crippen LogP contribution in [0.3, 0.4) is 0 Å². The monoisotopic (exact) mass is 426 g/mol. The lowest BCUT2D eigenvalue weighted by atomic mass is 9.81. The molecule has 1 saturated carbocycles. The number of carbonyl (C=O) groups excluding carboxylic acids is 1. The number of carbonyl (C=O) groups is 1. The van der Waals surface area contributed by atoms with Crippen molar-refractivity contribution in [3.05, 3.63) is 58.6 Å². The Labute approximate surface area is 182 Å². The molecule has 2 aromatic carbocycles. The highest BCUT2D eigenvalue weighted by atomic mass is 35.5. The van der Waals surface area contributed by atoms with Gasteiger partial charge in [0.15, 0.2) is 0 Å². The normalized spacial score (nSPS) is 25.4. The maximum atomic E-state index is 13.2. The van der Waals surface area contributed by atoms with Crippen molar-refractivity contribution in [3.8, 4) is 5.75 Å². The summed E-state index contributed by atoms with van der Waals surface area (Å²) in [5.41, 5.74) is 3.44. The Kier molecular flexibility index (Phi) is 5.23. The van der Waals surface area contributed by atoms with Crippen LogP contribution in [0, 0.1) is 0 Å². The van der Waals surface area contributed by atoms with E-state index in [1.54, 1.807) is 7.11 Å². The maximum Gasteiger partial charge on any atom is 0.410 e. The van der Waals surface area contributed by atoms with Gasteiger partial charge in [0.25, 0.3) is 0 Å². The first kappa shape index (κ1) is 19.6. The van der Waals surface area contributed by atoms with Crippen molar-refractivity contribution >= 4 is 23.4 Å². The first-order chi connectivity index (χ1) is 14.6. The fourth-order valence-electron chi connectivity index (χ4n) is 5.30. The first-order valence-corrected chi connectivity index (χ1v) is 11.2. The number of fused-ring (bicyclic) bond motifs is 3. The summed E-state index contributed by atoms with van der Waals surface area (Å²) >= 11 is 6.29. The van der Waals surface area contributed by atoms with Crippen molar-refractivity contribution in [2.24, 2.45) is 0 Å². The Morgan fingerprint density at radius 3 is 2.60 bits per heavy atom. The Hall–Kier alpha value is -2.40. The topological polar surface area (TPSA) is 50.8 Å². The van der Waals surface area contributed by atoms with Crippen LogP contribution in [0.2, 0.25) is 5.02 Å². The van der Waals surface area contributed by atoms with Crippen LogP contribution in [0.25, 0.3) is 0 Å². The van der Waals surface area contributed by atoms with Crippen LogP contribution in [-0.2, 0) is 4.74 Å². The van der Waals surface area contributed by atoms with Crippen molar-refractivity contribution in [1.82, 2.24) is 4.90 Å². The van der Waals surface area contributed by atoms with Crippen LogP contribution in [0.15, 0.2) is 42.5 Å². The summed E-state index contributed by atoms with van der Waals surface area (Å²) in [7, 11) is 1.66. The molecule has 2 heterocycles. The van der Waals surface area contributed by atoms with E-state index < -0.39 is 0 Å². The van der Waals surface area contributed by atoms with Gasteiger partial charge in [-0.2, -0.15) is 0 Å². The van der Waals surface area contributed by atoms with Crippen molar-refractivity contribution in [3.63, 3.8) is 0 Å². The van der Waals surface area contributed by atoms with Crippen molar-refractivity contribution in [2.45, 2.75) is 56.2 Å². The number of hydrogen-bond donors (Lipinski definition) is 1. The van der Waals surface area contributed by atoms with E-state index in [9.17, 15) is 4.79 Å². The molecule has 1 aliphatic carbocycles. The number of halogens is 1. The molecule has 0 aromatic heterocycles. The smallest absolute Gasteiger partial charge is 0.410 e. The Morgan fingerprint density at radius 1 is 1.10 bits per heavy atom. The van der Waals surface area contributed by atoms with Gasteiger partial charge >= 0.3 is 6.09 Å². The molecule has 1 N–H and O–H groups in total. The average Bonchev–Trinajstić information content (AvgIpc) is 3.40. The van der Waals surface area contributed by atoms with E-state index in [4.69, 9.17) is 21.1 Å². The lowest BCUT2D eigenvalue weighted by Crippen LogP contribution is -2.49. The fourth-order valence-corrected chi connectivity index (χ4v) is 5.48. The predicted molar refractivity (Wildman–Crippen MR) is 117 cm³/mol. The zero-order chi connectivity index (χ0) is 20.7. The number of rotatable bonds is 3. The summed E-state index contributed by atoms with van der Waals surface area (Å²) in [4.78, 5) is 15.1. The summed E-state index contributed by atoms with van der Waals surface area (Å²) in [5, 5.41) is 4.43. The highest BCUT2D eigenvalue weighted by molar-refractivity contribution is 6.30. The standard InChI is InChI=1S/C24H27ClN2O3/c1-29-17-9-6-15(7-10-17)23-22-19(20-14-16(25)8-11-21(20)26-22)12-13-27(23)24(28)30-18-4-2-3-5-18/h6-11,14,18-19,22-23,26H,2-5,12-13H2,1H3/t19?,22?,23-/m0/s1. The van der Waals surface area contributed by atoms with Crippen molar-refractivity contribution in [2.75, 3.05) is 19.0 Å². The van der Waals surface area contributed by atoms with E-state index >= 15 is 0 Å².